The van der Waals surface area contributed by atoms with Crippen molar-refractivity contribution in [2.75, 3.05) is 0 Å². The van der Waals surface area contributed by atoms with Gasteiger partial charge in [0.2, 0.25) is 0 Å². The first-order valence-electron chi connectivity index (χ1n) is 6.06. The Hall–Kier alpha value is -0.426. The molecule has 2 N–H and O–H groups in total. The van der Waals surface area contributed by atoms with E-state index in [9.17, 15) is 9.59 Å². The second kappa shape index (κ2) is 19.9. The van der Waals surface area contributed by atoms with E-state index in [4.69, 9.17) is 10.2 Å². The number of hydrogen-bond acceptors (Lipinski definition) is 2. The fraction of sp³-hybridized carbons (Fsp3) is 0.833. The zero-order valence-corrected chi connectivity index (χ0v) is 12.7. The van der Waals surface area contributed by atoms with Crippen LogP contribution in [0.15, 0.2) is 0 Å². The molecule has 0 aliphatic carbocycles. The van der Waals surface area contributed by atoms with Gasteiger partial charge in [-0.25, -0.2) is 0 Å². The Morgan fingerprint density at radius 3 is 1.00 bits per heavy atom. The predicted octanol–water partition coefficient (Wildman–Crippen LogP) is 2.82. The molecule has 7 heteroatoms. The number of carboxylic acid groups (broad SMARTS) is 2. The van der Waals surface area contributed by atoms with Gasteiger partial charge in [0.1, 0.15) is 0 Å². The summed E-state index contributed by atoms with van der Waals surface area (Å²) in [7, 11) is 0. The second-order valence-corrected chi connectivity index (χ2v) is 4.12. The summed E-state index contributed by atoms with van der Waals surface area (Å²) in [5.74, 6) is -1.43. The first-order chi connectivity index (χ1) is 7.63. The van der Waals surface area contributed by atoms with E-state index in [2.05, 4.69) is 0 Å². The topological polar surface area (TPSA) is 132 Å². The molecule has 0 bridgehead atoms. The Morgan fingerprint density at radius 2 is 0.789 bits per heavy atom. The van der Waals surface area contributed by atoms with Crippen molar-refractivity contribution >= 4 is 11.9 Å². The molecule has 0 unspecified atom stereocenters. The first kappa shape index (κ1) is 27.0. The maximum absolute atomic E-state index is 10.2. The fourth-order valence-corrected chi connectivity index (χ4v) is 1.61. The zero-order chi connectivity index (χ0) is 12.2. The normalized spacial score (nSPS) is 8.63. The number of carbonyl (C=O) groups is 2. The van der Waals surface area contributed by atoms with Gasteiger partial charge in [-0.2, -0.15) is 0 Å². The Kier molecular flexibility index (Phi) is 28.3. The Labute approximate surface area is 129 Å². The third kappa shape index (κ3) is 27.0. The summed E-state index contributed by atoms with van der Waals surface area (Å²) in [5.41, 5.74) is 0. The number of unbranched alkanes of at least 4 members (excludes halogenated alkanes) is 7. The van der Waals surface area contributed by atoms with Crippen LogP contribution in [0, 0.1) is 0 Å². The van der Waals surface area contributed by atoms with E-state index in [1.54, 1.807) is 0 Å². The number of hydrogen-bond donors (Lipinski definition) is 2. The maximum atomic E-state index is 10.2. The van der Waals surface area contributed by atoms with Gasteiger partial charge in [0.15, 0.2) is 0 Å². The molecule has 0 aromatic heterocycles. The van der Waals surface area contributed by atoms with Gasteiger partial charge in [0.25, 0.3) is 0 Å². The SMILES string of the molecule is O=C(O)CCCCCCCCCCC(=O)O.[O-2].[O-2].[Ti+4]. The quantitative estimate of drug-likeness (QED) is 0.448. The summed E-state index contributed by atoms with van der Waals surface area (Å²) in [4.78, 5) is 20.4. The molecule has 0 amide bonds. The first-order valence-corrected chi connectivity index (χ1v) is 6.06. The summed E-state index contributed by atoms with van der Waals surface area (Å²) in [6.45, 7) is 0. The minimum absolute atomic E-state index is 0. The van der Waals surface area contributed by atoms with E-state index < -0.39 is 11.9 Å². The van der Waals surface area contributed by atoms with Gasteiger partial charge < -0.3 is 21.2 Å². The van der Waals surface area contributed by atoms with Gasteiger partial charge in [0, 0.05) is 12.8 Å². The van der Waals surface area contributed by atoms with E-state index in [1.165, 1.54) is 0 Å². The van der Waals surface area contributed by atoms with Gasteiger partial charge in [-0.05, 0) is 12.8 Å². The molecule has 0 fully saturated rings. The van der Waals surface area contributed by atoms with Crippen molar-refractivity contribution in [1.82, 2.24) is 0 Å². The summed E-state index contributed by atoms with van der Waals surface area (Å²) in [6, 6.07) is 0. The van der Waals surface area contributed by atoms with E-state index in [1.807, 2.05) is 0 Å². The van der Waals surface area contributed by atoms with E-state index in [-0.39, 0.29) is 45.5 Å². The molecule has 0 aliphatic rings. The average Bonchev–Trinajstić information content (AvgIpc) is 2.20. The fourth-order valence-electron chi connectivity index (χ4n) is 1.61. The summed E-state index contributed by atoms with van der Waals surface area (Å²) >= 11 is 0. The molecule has 0 aromatic carbocycles. The van der Waals surface area contributed by atoms with E-state index in [0.717, 1.165) is 51.4 Å². The smallest absolute Gasteiger partial charge is 2.00 e. The molecular formula is C12H22O6Ti. The molecule has 0 aliphatic heterocycles. The van der Waals surface area contributed by atoms with Crippen LogP contribution >= 0.6 is 0 Å². The Morgan fingerprint density at radius 1 is 0.579 bits per heavy atom. The van der Waals surface area contributed by atoms with Crippen LogP contribution in [-0.4, -0.2) is 22.2 Å². The Bertz CT molecular complexity index is 188. The molecule has 6 nitrogen and oxygen atoms in total. The second-order valence-electron chi connectivity index (χ2n) is 4.12. The third-order valence-electron chi connectivity index (χ3n) is 2.53. The van der Waals surface area contributed by atoms with Crippen LogP contribution in [0.5, 0.6) is 0 Å². The molecule has 0 atom stereocenters. The van der Waals surface area contributed by atoms with Crippen molar-refractivity contribution in [3.8, 4) is 0 Å². The molecule has 0 radical (unpaired) electrons. The molecule has 110 valence electrons. The molecule has 0 saturated carbocycles. The van der Waals surface area contributed by atoms with Crippen molar-refractivity contribution in [3.05, 3.63) is 0 Å². The molecule has 0 saturated heterocycles. The summed E-state index contributed by atoms with van der Waals surface area (Å²) in [6.07, 6.45) is 8.51. The van der Waals surface area contributed by atoms with Crippen molar-refractivity contribution in [3.63, 3.8) is 0 Å². The molecule has 0 aromatic rings. The molecular weight excluding hydrogens is 288 g/mol. The van der Waals surface area contributed by atoms with Crippen LogP contribution in [0.3, 0.4) is 0 Å². The molecule has 19 heavy (non-hydrogen) atoms. The Balaban J connectivity index is -0.000000375. The van der Waals surface area contributed by atoms with Gasteiger partial charge in [-0.1, -0.05) is 38.5 Å². The standard InChI is InChI=1S/C12H22O4.2O.Ti/c13-11(14)9-7-5-3-1-2-4-6-8-10-12(15)16;;;/h1-10H2,(H,13,14)(H,15,16);;;/q;2*-2;+4. The molecule has 0 rings (SSSR count). The minimum atomic E-state index is -0.714. The average molecular weight is 310 g/mol. The van der Waals surface area contributed by atoms with Gasteiger partial charge >= 0.3 is 33.7 Å². The van der Waals surface area contributed by atoms with Crippen LogP contribution in [0.2, 0.25) is 0 Å². The van der Waals surface area contributed by atoms with Crippen molar-refractivity contribution in [1.29, 1.82) is 0 Å². The zero-order valence-electron chi connectivity index (χ0n) is 11.1. The van der Waals surface area contributed by atoms with Gasteiger partial charge in [-0.15, -0.1) is 0 Å². The monoisotopic (exact) mass is 310 g/mol. The number of carboxylic acids is 2. The maximum Gasteiger partial charge on any atom is 4.00 e. The van der Waals surface area contributed by atoms with Crippen LogP contribution in [-0.2, 0) is 42.3 Å². The summed E-state index contributed by atoms with van der Waals surface area (Å²) < 4.78 is 0. The third-order valence-corrected chi connectivity index (χ3v) is 2.53. The summed E-state index contributed by atoms with van der Waals surface area (Å²) in [5, 5.41) is 16.8. The van der Waals surface area contributed by atoms with Crippen molar-refractivity contribution in [2.24, 2.45) is 0 Å². The van der Waals surface area contributed by atoms with E-state index >= 15 is 0 Å². The van der Waals surface area contributed by atoms with E-state index in [0.29, 0.717) is 0 Å². The largest absolute Gasteiger partial charge is 4.00 e. The number of rotatable bonds is 11. The van der Waals surface area contributed by atoms with Crippen molar-refractivity contribution < 1.29 is 52.5 Å². The number of aliphatic carboxylic acids is 2. The van der Waals surface area contributed by atoms with Crippen molar-refractivity contribution in [2.45, 2.75) is 64.2 Å². The molecule has 0 heterocycles. The van der Waals surface area contributed by atoms with Crippen LogP contribution in [0.1, 0.15) is 64.2 Å². The van der Waals surface area contributed by atoms with Crippen LogP contribution in [0.25, 0.3) is 0 Å². The van der Waals surface area contributed by atoms with Crippen LogP contribution < -0.4 is 0 Å². The molecule has 0 spiro atoms. The van der Waals surface area contributed by atoms with Gasteiger partial charge in [0.05, 0.1) is 0 Å². The van der Waals surface area contributed by atoms with Gasteiger partial charge in [-0.3, -0.25) is 9.59 Å². The van der Waals surface area contributed by atoms with Crippen LogP contribution in [0.4, 0.5) is 0 Å². The predicted molar refractivity (Wildman–Crippen MR) is 62.8 cm³/mol. The minimum Gasteiger partial charge on any atom is -2.00 e.